The number of hydrogen-bond acceptors (Lipinski definition) is 7. The van der Waals surface area contributed by atoms with Crippen molar-refractivity contribution in [2.45, 2.75) is 57.9 Å². The zero-order valence-corrected chi connectivity index (χ0v) is 22.8. The first-order chi connectivity index (χ1) is 19.0. The van der Waals surface area contributed by atoms with E-state index in [2.05, 4.69) is 10.3 Å². The third kappa shape index (κ3) is 5.96. The number of alkyl halides is 2. The number of methoxy groups -OCH3 is 1. The molecular formula is C28H32F2N4O6. The van der Waals surface area contributed by atoms with Crippen LogP contribution in [0, 0.1) is 0 Å². The lowest BCUT2D eigenvalue weighted by molar-refractivity contribution is -0.0502. The summed E-state index contributed by atoms with van der Waals surface area (Å²) >= 11 is 0. The minimum atomic E-state index is -3.14. The van der Waals surface area contributed by atoms with Gasteiger partial charge in [0.15, 0.2) is 0 Å². The van der Waals surface area contributed by atoms with Crippen molar-refractivity contribution in [1.82, 2.24) is 19.6 Å². The smallest absolute Gasteiger partial charge is 0.410 e. The van der Waals surface area contributed by atoms with Gasteiger partial charge in [-0.1, -0.05) is 0 Å². The first-order valence-corrected chi connectivity index (χ1v) is 13.1. The van der Waals surface area contributed by atoms with Crippen molar-refractivity contribution in [3.63, 3.8) is 0 Å². The molecule has 2 amide bonds. The van der Waals surface area contributed by atoms with Crippen LogP contribution in [0.4, 0.5) is 13.6 Å². The number of rotatable bonds is 7. The van der Waals surface area contributed by atoms with Crippen LogP contribution < -0.4 is 14.8 Å². The number of ether oxygens (including phenoxy) is 4. The second-order valence-electron chi connectivity index (χ2n) is 10.8. The summed E-state index contributed by atoms with van der Waals surface area (Å²) in [6, 6.07) is 6.31. The molecular weight excluding hydrogens is 526 g/mol. The van der Waals surface area contributed by atoms with Crippen molar-refractivity contribution < 1.29 is 37.3 Å². The summed E-state index contributed by atoms with van der Waals surface area (Å²) in [7, 11) is 1.36. The van der Waals surface area contributed by atoms with Gasteiger partial charge in [-0.05, 0) is 63.4 Å². The molecule has 1 saturated heterocycles. The number of nitrogens with one attached hydrogen (secondary N) is 1. The van der Waals surface area contributed by atoms with E-state index in [4.69, 9.17) is 18.9 Å². The summed E-state index contributed by atoms with van der Waals surface area (Å²) in [5, 5.41) is 2.80. The number of morpholine rings is 1. The molecule has 2 fully saturated rings. The second-order valence-corrected chi connectivity index (χ2v) is 10.8. The van der Waals surface area contributed by atoms with Gasteiger partial charge < -0.3 is 24.3 Å². The van der Waals surface area contributed by atoms with E-state index >= 15 is 0 Å². The third-order valence-electron chi connectivity index (χ3n) is 6.62. The van der Waals surface area contributed by atoms with Gasteiger partial charge in [0.25, 0.3) is 5.91 Å². The van der Waals surface area contributed by atoms with Crippen LogP contribution in [-0.2, 0) is 9.47 Å². The Labute approximate surface area is 230 Å². The van der Waals surface area contributed by atoms with Crippen LogP contribution >= 0.6 is 0 Å². The Kier molecular flexibility index (Phi) is 7.54. The number of nitrogens with zero attached hydrogens (tertiary/aromatic N) is 3. The molecule has 3 aromatic rings. The second kappa shape index (κ2) is 10.9. The molecule has 0 bridgehead atoms. The molecule has 1 atom stereocenters. The van der Waals surface area contributed by atoms with Gasteiger partial charge in [0.05, 0.1) is 38.3 Å². The first-order valence-electron chi connectivity index (χ1n) is 13.1. The highest BCUT2D eigenvalue weighted by molar-refractivity contribution is 6.01. The average molecular weight is 559 g/mol. The first kappa shape index (κ1) is 27.6. The van der Waals surface area contributed by atoms with Gasteiger partial charge in [-0.15, -0.1) is 0 Å². The lowest BCUT2D eigenvalue weighted by atomic mass is 10.0. The normalized spacial score (nSPS) is 17.7. The van der Waals surface area contributed by atoms with E-state index in [1.165, 1.54) is 13.2 Å². The minimum Gasteiger partial charge on any atom is -0.496 e. The Morgan fingerprint density at radius 2 is 1.93 bits per heavy atom. The molecule has 1 N–H and O–H groups in total. The summed E-state index contributed by atoms with van der Waals surface area (Å²) < 4.78 is 49.9. The van der Waals surface area contributed by atoms with E-state index in [1.807, 2.05) is 32.9 Å². The molecule has 12 heteroatoms. The number of carbonyl (C=O) groups is 2. The van der Waals surface area contributed by atoms with Gasteiger partial charge in [-0.25, -0.2) is 9.78 Å². The van der Waals surface area contributed by atoms with Gasteiger partial charge in [-0.3, -0.25) is 14.1 Å². The Morgan fingerprint density at radius 3 is 2.60 bits per heavy atom. The van der Waals surface area contributed by atoms with Crippen LogP contribution in [0.1, 0.15) is 55.6 Å². The molecule has 3 heterocycles. The van der Waals surface area contributed by atoms with Crippen molar-refractivity contribution in [2.24, 2.45) is 0 Å². The molecule has 2 aliphatic rings. The highest BCUT2D eigenvalue weighted by atomic mass is 19.3. The average Bonchev–Trinajstić information content (AvgIpc) is 3.61. The summed E-state index contributed by atoms with van der Waals surface area (Å²) in [5.74, 6) is -0.722. The number of fused-ring (bicyclic) bond motifs is 1. The number of benzene rings is 1. The maximum absolute atomic E-state index is 13.3. The monoisotopic (exact) mass is 558 g/mol. The van der Waals surface area contributed by atoms with Crippen LogP contribution in [0.2, 0.25) is 0 Å². The molecule has 1 aromatic carbocycles. The quantitative estimate of drug-likeness (QED) is 0.444. The van der Waals surface area contributed by atoms with Crippen LogP contribution in [0.15, 0.2) is 36.7 Å². The van der Waals surface area contributed by atoms with E-state index in [9.17, 15) is 18.4 Å². The topological polar surface area (TPSA) is 104 Å². The van der Waals surface area contributed by atoms with Crippen LogP contribution in [-0.4, -0.2) is 71.4 Å². The molecule has 1 unspecified atom stereocenters. The van der Waals surface area contributed by atoms with Crippen LogP contribution in [0.25, 0.3) is 16.9 Å². The highest BCUT2D eigenvalue weighted by Crippen LogP contribution is 2.37. The summed E-state index contributed by atoms with van der Waals surface area (Å²) in [5.41, 5.74) is 1.68. The lowest BCUT2D eigenvalue weighted by Crippen LogP contribution is -2.45. The van der Waals surface area contributed by atoms with Crippen LogP contribution in [0.3, 0.4) is 0 Å². The number of aromatic nitrogens is 2. The Balaban J connectivity index is 1.49. The summed E-state index contributed by atoms with van der Waals surface area (Å²) in [6.07, 6.45) is 4.62. The molecule has 214 valence electrons. The SMILES string of the molecule is COc1cc(-c2cnc3cc(C4COCCN4C(=O)OC(C)(C)C)ccn23)cc(OC(F)F)c1C(=O)NC1CC1. The number of amides is 2. The number of pyridine rings is 1. The van der Waals surface area contributed by atoms with Gasteiger partial charge in [0, 0.05) is 24.3 Å². The fourth-order valence-electron chi connectivity index (χ4n) is 4.63. The zero-order chi connectivity index (χ0) is 28.6. The highest BCUT2D eigenvalue weighted by Gasteiger charge is 2.33. The van der Waals surface area contributed by atoms with Gasteiger partial charge >= 0.3 is 12.7 Å². The number of carbonyl (C=O) groups excluding carboxylic acids is 2. The van der Waals surface area contributed by atoms with E-state index < -0.39 is 24.2 Å². The van der Waals surface area contributed by atoms with Gasteiger partial charge in [-0.2, -0.15) is 8.78 Å². The molecule has 40 heavy (non-hydrogen) atoms. The van der Waals surface area contributed by atoms with Crippen molar-refractivity contribution >= 4 is 17.6 Å². The van der Waals surface area contributed by atoms with Gasteiger partial charge in [0.2, 0.25) is 0 Å². The zero-order valence-electron chi connectivity index (χ0n) is 22.8. The molecule has 2 aromatic heterocycles. The fraction of sp³-hybridized carbons (Fsp3) is 0.464. The minimum absolute atomic E-state index is 0.0186. The molecule has 1 aliphatic carbocycles. The molecule has 1 aliphatic heterocycles. The number of hydrogen-bond donors (Lipinski definition) is 1. The molecule has 1 saturated carbocycles. The molecule has 0 radical (unpaired) electrons. The van der Waals surface area contributed by atoms with Crippen molar-refractivity contribution in [3.8, 4) is 22.8 Å². The molecule has 5 rings (SSSR count). The summed E-state index contributed by atoms with van der Waals surface area (Å²) in [4.78, 5) is 31.9. The van der Waals surface area contributed by atoms with E-state index in [0.29, 0.717) is 36.7 Å². The standard InChI is InChI=1S/C28H32F2N4O6/c1-28(2,3)40-27(36)34-9-10-38-15-20(34)16-7-8-33-19(14-31-23(33)13-16)17-11-21(37-4)24(22(12-17)39-26(29)30)25(35)32-18-5-6-18/h7-8,11-14,18,20,26H,5-6,9-10,15H2,1-4H3,(H,32,35). The summed E-state index contributed by atoms with van der Waals surface area (Å²) in [6.45, 7) is 3.41. The largest absolute Gasteiger partial charge is 0.496 e. The maximum Gasteiger partial charge on any atom is 0.410 e. The number of imidazole rings is 1. The molecule has 10 nitrogen and oxygen atoms in total. The maximum atomic E-state index is 13.3. The number of halogens is 2. The Morgan fingerprint density at radius 1 is 1.18 bits per heavy atom. The van der Waals surface area contributed by atoms with Gasteiger partial charge in [0.1, 0.15) is 28.3 Å². The lowest BCUT2D eigenvalue weighted by Gasteiger charge is -2.36. The van der Waals surface area contributed by atoms with E-state index in [-0.39, 0.29) is 29.1 Å². The van der Waals surface area contributed by atoms with Crippen LogP contribution in [0.5, 0.6) is 11.5 Å². The predicted molar refractivity (Wildman–Crippen MR) is 141 cm³/mol. The fourth-order valence-corrected chi connectivity index (χ4v) is 4.63. The third-order valence-corrected chi connectivity index (χ3v) is 6.62. The Bertz CT molecular complexity index is 1420. The van der Waals surface area contributed by atoms with E-state index in [0.717, 1.165) is 18.4 Å². The molecule has 0 spiro atoms. The predicted octanol–water partition coefficient (Wildman–Crippen LogP) is 4.81. The van der Waals surface area contributed by atoms with Crippen molar-refractivity contribution in [3.05, 3.63) is 47.8 Å². The van der Waals surface area contributed by atoms with E-state index in [1.54, 1.807) is 27.8 Å². The Hall–Kier alpha value is -3.93. The van der Waals surface area contributed by atoms with Crippen molar-refractivity contribution in [2.75, 3.05) is 26.9 Å². The van der Waals surface area contributed by atoms with Crippen molar-refractivity contribution in [1.29, 1.82) is 0 Å².